The lowest BCUT2D eigenvalue weighted by Crippen LogP contribution is -2.42. The third-order valence-corrected chi connectivity index (χ3v) is 3.95. The maximum absolute atomic E-state index is 10.8. The first-order valence-corrected chi connectivity index (χ1v) is 5.73. The Morgan fingerprint density at radius 1 is 1.50 bits per heavy atom. The highest BCUT2D eigenvalue weighted by atomic mass is 32.2. The molecule has 1 rings (SSSR count). The minimum atomic E-state index is -3.57. The lowest BCUT2D eigenvalue weighted by Gasteiger charge is -2.32. The SMILES string of the molecule is C[C@@H]([C@H](O)C1CCC1)S(N)(=O)=O. The monoisotopic (exact) mass is 193 g/mol. The summed E-state index contributed by atoms with van der Waals surface area (Å²) >= 11 is 0. The van der Waals surface area contributed by atoms with Crippen molar-refractivity contribution in [3.05, 3.63) is 0 Å². The lowest BCUT2D eigenvalue weighted by atomic mass is 9.80. The topological polar surface area (TPSA) is 80.4 Å². The van der Waals surface area contributed by atoms with Gasteiger partial charge in [-0.25, -0.2) is 13.6 Å². The second-order valence-corrected chi connectivity index (χ2v) is 5.40. The minimum Gasteiger partial charge on any atom is -0.391 e. The standard InChI is InChI=1S/C7H15NO3S/c1-5(12(8,10)11)7(9)6-3-2-4-6/h5-7,9H,2-4H2,1H3,(H2,8,10,11)/t5-,7-/m0/s1. The summed E-state index contributed by atoms with van der Waals surface area (Å²) in [5, 5.41) is 13.6. The van der Waals surface area contributed by atoms with Crippen molar-refractivity contribution in [3.8, 4) is 0 Å². The molecule has 4 nitrogen and oxygen atoms in total. The zero-order valence-corrected chi connectivity index (χ0v) is 7.92. The van der Waals surface area contributed by atoms with E-state index in [4.69, 9.17) is 5.14 Å². The van der Waals surface area contributed by atoms with Crippen molar-refractivity contribution in [2.45, 2.75) is 37.5 Å². The van der Waals surface area contributed by atoms with Crippen LogP contribution in [0, 0.1) is 5.92 Å². The third kappa shape index (κ3) is 1.97. The van der Waals surface area contributed by atoms with Gasteiger partial charge >= 0.3 is 0 Å². The zero-order chi connectivity index (χ0) is 9.35. The molecule has 0 bridgehead atoms. The number of aliphatic hydroxyl groups is 1. The predicted octanol–water partition coefficient (Wildman–Crippen LogP) is -0.176. The van der Waals surface area contributed by atoms with Crippen molar-refractivity contribution in [2.75, 3.05) is 0 Å². The number of hydrogen-bond acceptors (Lipinski definition) is 3. The molecule has 0 aromatic rings. The lowest BCUT2D eigenvalue weighted by molar-refractivity contribution is 0.0621. The Morgan fingerprint density at radius 2 is 2.00 bits per heavy atom. The molecule has 0 spiro atoms. The summed E-state index contributed by atoms with van der Waals surface area (Å²) in [5.41, 5.74) is 0. The summed E-state index contributed by atoms with van der Waals surface area (Å²) in [4.78, 5) is 0. The van der Waals surface area contributed by atoms with Crippen molar-refractivity contribution in [2.24, 2.45) is 11.1 Å². The van der Waals surface area contributed by atoms with E-state index in [1.54, 1.807) is 0 Å². The highest BCUT2D eigenvalue weighted by Gasteiger charge is 2.34. The Morgan fingerprint density at radius 3 is 2.25 bits per heavy atom. The van der Waals surface area contributed by atoms with E-state index in [1.807, 2.05) is 0 Å². The fraction of sp³-hybridized carbons (Fsp3) is 1.00. The van der Waals surface area contributed by atoms with E-state index in [-0.39, 0.29) is 5.92 Å². The van der Waals surface area contributed by atoms with Gasteiger partial charge in [-0.2, -0.15) is 0 Å². The first-order valence-electron chi connectivity index (χ1n) is 4.12. The van der Waals surface area contributed by atoms with E-state index in [9.17, 15) is 13.5 Å². The molecule has 3 N–H and O–H groups in total. The molecule has 2 atom stereocenters. The number of aliphatic hydroxyl groups excluding tert-OH is 1. The fourth-order valence-electron chi connectivity index (χ4n) is 1.36. The maximum atomic E-state index is 10.8. The summed E-state index contributed by atoms with van der Waals surface area (Å²) in [7, 11) is -3.57. The third-order valence-electron chi connectivity index (χ3n) is 2.63. The molecule has 0 radical (unpaired) electrons. The summed E-state index contributed by atoms with van der Waals surface area (Å²) in [6, 6.07) is 0. The van der Waals surface area contributed by atoms with Crippen LogP contribution >= 0.6 is 0 Å². The van der Waals surface area contributed by atoms with Gasteiger partial charge in [0, 0.05) is 0 Å². The Kier molecular flexibility index (Phi) is 2.75. The van der Waals surface area contributed by atoms with Gasteiger partial charge in [0.25, 0.3) is 0 Å². The van der Waals surface area contributed by atoms with Crippen LogP contribution < -0.4 is 5.14 Å². The molecule has 0 aromatic carbocycles. The van der Waals surface area contributed by atoms with Crippen LogP contribution in [0.2, 0.25) is 0 Å². The van der Waals surface area contributed by atoms with Crippen LogP contribution in [0.1, 0.15) is 26.2 Å². The van der Waals surface area contributed by atoms with Gasteiger partial charge in [0.05, 0.1) is 11.4 Å². The number of rotatable bonds is 3. The molecule has 1 aliphatic rings. The molecule has 72 valence electrons. The second kappa shape index (κ2) is 3.32. The molecular weight excluding hydrogens is 178 g/mol. The Hall–Kier alpha value is -0.130. The van der Waals surface area contributed by atoms with Crippen molar-refractivity contribution >= 4 is 10.0 Å². The van der Waals surface area contributed by atoms with E-state index in [0.717, 1.165) is 19.3 Å². The van der Waals surface area contributed by atoms with Crippen molar-refractivity contribution in [1.29, 1.82) is 0 Å². The second-order valence-electron chi connectivity index (χ2n) is 3.48. The molecule has 1 saturated carbocycles. The molecule has 0 heterocycles. The van der Waals surface area contributed by atoms with Crippen LogP contribution in [0.25, 0.3) is 0 Å². The largest absolute Gasteiger partial charge is 0.391 e. The van der Waals surface area contributed by atoms with E-state index < -0.39 is 21.4 Å². The van der Waals surface area contributed by atoms with Crippen LogP contribution in [-0.2, 0) is 10.0 Å². The van der Waals surface area contributed by atoms with Crippen molar-refractivity contribution in [1.82, 2.24) is 0 Å². The molecule has 0 saturated heterocycles. The number of nitrogens with two attached hydrogens (primary N) is 1. The highest BCUT2D eigenvalue weighted by molar-refractivity contribution is 7.89. The van der Waals surface area contributed by atoms with Crippen LogP contribution in [0.15, 0.2) is 0 Å². The molecule has 5 heteroatoms. The van der Waals surface area contributed by atoms with Gasteiger partial charge in [-0.3, -0.25) is 0 Å². The first-order chi connectivity index (χ1) is 5.43. The summed E-state index contributed by atoms with van der Waals surface area (Å²) in [6.45, 7) is 1.46. The van der Waals surface area contributed by atoms with Gasteiger partial charge in [0.1, 0.15) is 0 Å². The van der Waals surface area contributed by atoms with E-state index in [1.165, 1.54) is 6.92 Å². The van der Waals surface area contributed by atoms with Crippen LogP contribution in [0.3, 0.4) is 0 Å². The first kappa shape index (κ1) is 9.95. The Bertz CT molecular complexity index is 245. The quantitative estimate of drug-likeness (QED) is 0.652. The normalized spacial score (nSPS) is 24.6. The Labute approximate surface area is 72.8 Å². The number of sulfonamides is 1. The van der Waals surface area contributed by atoms with Crippen LogP contribution in [0.5, 0.6) is 0 Å². The summed E-state index contributed by atoms with van der Waals surface area (Å²) in [5.74, 6) is 0.137. The summed E-state index contributed by atoms with van der Waals surface area (Å²) in [6.07, 6.45) is 2.13. The van der Waals surface area contributed by atoms with Crippen LogP contribution in [0.4, 0.5) is 0 Å². The average Bonchev–Trinajstić information content (AvgIpc) is 1.79. The molecule has 12 heavy (non-hydrogen) atoms. The smallest absolute Gasteiger partial charge is 0.214 e. The van der Waals surface area contributed by atoms with Gasteiger partial charge in [-0.15, -0.1) is 0 Å². The van der Waals surface area contributed by atoms with E-state index in [0.29, 0.717) is 0 Å². The Balaban J connectivity index is 2.57. The van der Waals surface area contributed by atoms with Gasteiger partial charge in [-0.05, 0) is 25.7 Å². The fourth-order valence-corrected chi connectivity index (χ4v) is 1.97. The van der Waals surface area contributed by atoms with Crippen LogP contribution in [-0.4, -0.2) is 24.9 Å². The molecule has 0 aliphatic heterocycles. The highest BCUT2D eigenvalue weighted by Crippen LogP contribution is 2.31. The molecule has 1 aliphatic carbocycles. The molecular formula is C7H15NO3S. The van der Waals surface area contributed by atoms with Gasteiger partial charge in [-0.1, -0.05) is 6.42 Å². The zero-order valence-electron chi connectivity index (χ0n) is 7.10. The minimum absolute atomic E-state index is 0.137. The van der Waals surface area contributed by atoms with E-state index in [2.05, 4.69) is 0 Å². The van der Waals surface area contributed by atoms with Gasteiger partial charge in [0.2, 0.25) is 10.0 Å². The predicted molar refractivity (Wildman–Crippen MR) is 45.9 cm³/mol. The van der Waals surface area contributed by atoms with Gasteiger partial charge < -0.3 is 5.11 Å². The maximum Gasteiger partial charge on any atom is 0.214 e. The molecule has 0 unspecified atom stereocenters. The summed E-state index contributed by atoms with van der Waals surface area (Å²) < 4.78 is 21.7. The number of primary sulfonamides is 1. The molecule has 0 amide bonds. The van der Waals surface area contributed by atoms with Gasteiger partial charge in [0.15, 0.2) is 0 Å². The molecule has 1 fully saturated rings. The van der Waals surface area contributed by atoms with E-state index >= 15 is 0 Å². The number of hydrogen-bond donors (Lipinski definition) is 2. The average molecular weight is 193 g/mol. The van der Waals surface area contributed by atoms with Crippen molar-refractivity contribution in [3.63, 3.8) is 0 Å². The molecule has 0 aromatic heterocycles. The van der Waals surface area contributed by atoms with Crippen molar-refractivity contribution < 1.29 is 13.5 Å².